The van der Waals surface area contributed by atoms with Gasteiger partial charge in [0, 0.05) is 16.9 Å². The van der Waals surface area contributed by atoms with E-state index in [0.29, 0.717) is 23.1 Å². The Kier molecular flexibility index (Phi) is 6.26. The smallest absolute Gasteiger partial charge is 0.326 e. The van der Waals surface area contributed by atoms with E-state index in [2.05, 4.69) is 10.4 Å². The standard InChI is InChI=1S/C18H12ClF5N4O3S/c19-12-6-14(21)13(20)3-9(12)4-17(29)27-11-1-2-15(16(5-11)32(25,30)31)28-8-10(7-26-28)18(22,23)24/h1-3,5-8H,4H2,(H,27,29)(H2,25,30,31). The zero-order valence-electron chi connectivity index (χ0n) is 15.6. The van der Waals surface area contributed by atoms with Crippen molar-refractivity contribution >= 4 is 33.2 Å². The molecule has 0 bridgehead atoms. The molecule has 0 saturated heterocycles. The number of hydrogen-bond acceptors (Lipinski definition) is 4. The van der Waals surface area contributed by atoms with Gasteiger partial charge in [-0.25, -0.2) is 27.0 Å². The molecule has 0 radical (unpaired) electrons. The molecular formula is C18H12ClF5N4O3S. The lowest BCUT2D eigenvalue weighted by molar-refractivity contribution is -0.137. The highest BCUT2D eigenvalue weighted by atomic mass is 35.5. The number of carbonyl (C=O) groups excluding carboxylic acids is 1. The van der Waals surface area contributed by atoms with Gasteiger partial charge < -0.3 is 5.32 Å². The molecule has 3 N–H and O–H groups in total. The molecule has 7 nitrogen and oxygen atoms in total. The largest absolute Gasteiger partial charge is 0.419 e. The van der Waals surface area contributed by atoms with Crippen molar-refractivity contribution < 1.29 is 35.2 Å². The van der Waals surface area contributed by atoms with Crippen molar-refractivity contribution in [3.05, 3.63) is 70.5 Å². The van der Waals surface area contributed by atoms with Crippen LogP contribution in [0.25, 0.3) is 5.69 Å². The van der Waals surface area contributed by atoms with Crippen molar-refractivity contribution in [2.24, 2.45) is 5.14 Å². The van der Waals surface area contributed by atoms with Crippen LogP contribution in [0.2, 0.25) is 5.02 Å². The highest BCUT2D eigenvalue weighted by Gasteiger charge is 2.32. The molecule has 1 heterocycles. The van der Waals surface area contributed by atoms with Crippen molar-refractivity contribution in [3.8, 4) is 5.69 Å². The monoisotopic (exact) mass is 494 g/mol. The summed E-state index contributed by atoms with van der Waals surface area (Å²) in [6, 6.07) is 4.65. The van der Waals surface area contributed by atoms with Crippen molar-refractivity contribution in [1.82, 2.24) is 9.78 Å². The first-order chi connectivity index (χ1) is 14.8. The third-order valence-electron chi connectivity index (χ3n) is 4.15. The van der Waals surface area contributed by atoms with Gasteiger partial charge in [-0.05, 0) is 35.9 Å². The minimum Gasteiger partial charge on any atom is -0.326 e. The SMILES string of the molecule is NS(=O)(=O)c1cc(NC(=O)Cc2cc(F)c(F)cc2Cl)ccc1-n1cc(C(F)(F)F)cn1. The zero-order chi connectivity index (χ0) is 23.8. The lowest BCUT2D eigenvalue weighted by Gasteiger charge is -2.12. The molecule has 1 aromatic heterocycles. The van der Waals surface area contributed by atoms with Crippen LogP contribution in [0.1, 0.15) is 11.1 Å². The molecule has 0 aliphatic heterocycles. The summed E-state index contributed by atoms with van der Waals surface area (Å²) in [6.07, 6.45) is -4.09. The van der Waals surface area contributed by atoms with Crippen molar-refractivity contribution in [3.63, 3.8) is 0 Å². The number of nitrogens with one attached hydrogen (secondary N) is 1. The fourth-order valence-electron chi connectivity index (χ4n) is 2.69. The molecule has 1 amide bonds. The van der Waals surface area contributed by atoms with Crippen molar-refractivity contribution in [2.45, 2.75) is 17.5 Å². The molecule has 0 fully saturated rings. The van der Waals surface area contributed by atoms with E-state index >= 15 is 0 Å². The minimum absolute atomic E-state index is 0.0254. The van der Waals surface area contributed by atoms with E-state index in [1.807, 2.05) is 0 Å². The molecule has 14 heteroatoms. The summed E-state index contributed by atoms with van der Waals surface area (Å²) >= 11 is 5.78. The predicted octanol–water partition coefficient (Wildman–Crippen LogP) is 3.65. The van der Waals surface area contributed by atoms with Gasteiger partial charge in [-0.2, -0.15) is 18.3 Å². The van der Waals surface area contributed by atoms with Gasteiger partial charge in [-0.15, -0.1) is 0 Å². The Morgan fingerprint density at radius 1 is 1.16 bits per heavy atom. The maximum absolute atomic E-state index is 13.4. The lowest BCUT2D eigenvalue weighted by Crippen LogP contribution is -2.18. The summed E-state index contributed by atoms with van der Waals surface area (Å²) in [5.74, 6) is -3.17. The molecule has 0 spiro atoms. The molecule has 2 aromatic carbocycles. The number of nitrogens with zero attached hydrogens (tertiary/aromatic N) is 2. The molecule has 0 aliphatic carbocycles. The highest BCUT2D eigenvalue weighted by molar-refractivity contribution is 7.89. The summed E-state index contributed by atoms with van der Waals surface area (Å²) in [6.45, 7) is 0. The Bertz CT molecular complexity index is 1310. The number of anilines is 1. The second-order valence-corrected chi connectivity index (χ2v) is 8.42. The van der Waals surface area contributed by atoms with Crippen LogP contribution >= 0.6 is 11.6 Å². The summed E-state index contributed by atoms with van der Waals surface area (Å²) in [7, 11) is -4.45. The Balaban J connectivity index is 1.90. The number of sulfonamides is 1. The molecule has 0 aliphatic rings. The molecular weight excluding hydrogens is 483 g/mol. The van der Waals surface area contributed by atoms with Crippen LogP contribution in [0.5, 0.6) is 0 Å². The van der Waals surface area contributed by atoms with Crippen LogP contribution < -0.4 is 10.5 Å². The fraction of sp³-hybridized carbons (Fsp3) is 0.111. The van der Waals surface area contributed by atoms with Crippen LogP contribution in [0, 0.1) is 11.6 Å². The maximum Gasteiger partial charge on any atom is 0.419 e. The summed E-state index contributed by atoms with van der Waals surface area (Å²) in [5, 5.41) is 10.8. The predicted molar refractivity (Wildman–Crippen MR) is 104 cm³/mol. The normalized spacial score (nSPS) is 12.1. The molecule has 3 aromatic rings. The number of benzene rings is 2. The molecule has 3 rings (SSSR count). The van der Waals surface area contributed by atoms with Crippen LogP contribution in [0.15, 0.2) is 47.6 Å². The van der Waals surface area contributed by atoms with E-state index in [-0.39, 0.29) is 22.0 Å². The van der Waals surface area contributed by atoms with Crippen molar-refractivity contribution in [2.75, 3.05) is 5.32 Å². The number of nitrogens with two attached hydrogens (primary N) is 1. The topological polar surface area (TPSA) is 107 Å². The first-order valence-electron chi connectivity index (χ1n) is 8.48. The Morgan fingerprint density at radius 2 is 1.81 bits per heavy atom. The number of halogens is 6. The summed E-state index contributed by atoms with van der Waals surface area (Å²) < 4.78 is 89.6. The second kappa shape index (κ2) is 8.48. The number of hydrogen-bond donors (Lipinski definition) is 2. The number of alkyl halides is 3. The third kappa shape index (κ3) is 5.23. The van der Waals surface area contributed by atoms with E-state index in [4.69, 9.17) is 16.7 Å². The molecule has 170 valence electrons. The van der Waals surface area contributed by atoms with Crippen LogP contribution in [0.3, 0.4) is 0 Å². The van der Waals surface area contributed by atoms with Gasteiger partial charge in [-0.1, -0.05) is 11.6 Å². The van der Waals surface area contributed by atoms with Crippen LogP contribution in [0.4, 0.5) is 27.6 Å². The number of rotatable bonds is 5. The lowest BCUT2D eigenvalue weighted by atomic mass is 10.1. The van der Waals surface area contributed by atoms with E-state index in [1.165, 1.54) is 6.07 Å². The van der Waals surface area contributed by atoms with E-state index in [0.717, 1.165) is 18.2 Å². The summed E-state index contributed by atoms with van der Waals surface area (Å²) in [5.41, 5.74) is -1.50. The van der Waals surface area contributed by atoms with E-state index in [1.54, 1.807) is 0 Å². The Hall–Kier alpha value is -3.03. The van der Waals surface area contributed by atoms with Gasteiger partial charge in [0.15, 0.2) is 11.6 Å². The fourth-order valence-corrected chi connectivity index (χ4v) is 3.65. The number of aromatic nitrogens is 2. The Morgan fingerprint density at radius 3 is 2.41 bits per heavy atom. The van der Waals surface area contributed by atoms with Gasteiger partial charge in [-0.3, -0.25) is 4.79 Å². The van der Waals surface area contributed by atoms with E-state index < -0.39 is 50.6 Å². The average molecular weight is 495 g/mol. The number of carbonyl (C=O) groups is 1. The second-order valence-electron chi connectivity index (χ2n) is 6.48. The van der Waals surface area contributed by atoms with Gasteiger partial charge in [0.25, 0.3) is 0 Å². The highest BCUT2D eigenvalue weighted by Crippen LogP contribution is 2.30. The Labute approximate surface area is 182 Å². The maximum atomic E-state index is 13.4. The van der Waals surface area contributed by atoms with Crippen molar-refractivity contribution in [1.29, 1.82) is 0 Å². The van der Waals surface area contributed by atoms with Gasteiger partial charge in [0.1, 0.15) is 4.90 Å². The quantitative estimate of drug-likeness (QED) is 0.417. The molecule has 0 atom stereocenters. The molecule has 0 unspecified atom stereocenters. The zero-order valence-corrected chi connectivity index (χ0v) is 17.2. The van der Waals surface area contributed by atoms with Gasteiger partial charge in [0.2, 0.25) is 15.9 Å². The number of amides is 1. The summed E-state index contributed by atoms with van der Waals surface area (Å²) in [4.78, 5) is 11.6. The molecule has 0 saturated carbocycles. The number of primary sulfonamides is 1. The van der Waals surface area contributed by atoms with E-state index in [9.17, 15) is 35.2 Å². The van der Waals surface area contributed by atoms with Gasteiger partial charge >= 0.3 is 6.18 Å². The minimum atomic E-state index is -4.70. The molecule has 32 heavy (non-hydrogen) atoms. The average Bonchev–Trinajstić information content (AvgIpc) is 3.16. The van der Waals surface area contributed by atoms with Crippen LogP contribution in [-0.4, -0.2) is 24.1 Å². The van der Waals surface area contributed by atoms with Crippen LogP contribution in [-0.2, 0) is 27.4 Å². The third-order valence-corrected chi connectivity index (χ3v) is 5.44. The first-order valence-corrected chi connectivity index (χ1v) is 10.4. The van der Waals surface area contributed by atoms with Gasteiger partial charge in [0.05, 0.1) is 23.9 Å². The first kappa shape index (κ1) is 23.6.